The maximum absolute atomic E-state index is 14.0. The first kappa shape index (κ1) is 21.6. The first-order valence-electron chi connectivity index (χ1n) is 11.6. The molecule has 0 saturated carbocycles. The Bertz CT molecular complexity index is 1130. The molecular formula is C27H29N3O3. The molecule has 3 aliphatic rings. The number of nitrogens with zero attached hydrogens (tertiary/aromatic N) is 2. The van der Waals surface area contributed by atoms with Crippen LogP contribution in [0.25, 0.3) is 0 Å². The van der Waals surface area contributed by atoms with Gasteiger partial charge in [0.1, 0.15) is 5.54 Å². The van der Waals surface area contributed by atoms with Gasteiger partial charge >= 0.3 is 0 Å². The first-order chi connectivity index (χ1) is 15.9. The topological polar surface area (TPSA) is 69.7 Å². The van der Waals surface area contributed by atoms with E-state index in [0.29, 0.717) is 18.9 Å². The van der Waals surface area contributed by atoms with Crippen molar-refractivity contribution < 1.29 is 14.4 Å². The zero-order chi connectivity index (χ0) is 23.3. The van der Waals surface area contributed by atoms with E-state index in [0.717, 1.165) is 16.8 Å². The monoisotopic (exact) mass is 443 g/mol. The summed E-state index contributed by atoms with van der Waals surface area (Å²) in [7, 11) is 0. The van der Waals surface area contributed by atoms with Crippen molar-refractivity contribution in [2.75, 3.05) is 11.4 Å². The van der Waals surface area contributed by atoms with Gasteiger partial charge in [-0.3, -0.25) is 24.6 Å². The summed E-state index contributed by atoms with van der Waals surface area (Å²) in [5.74, 6) is -1.65. The van der Waals surface area contributed by atoms with Gasteiger partial charge in [-0.15, -0.1) is 6.58 Å². The molecule has 2 aromatic carbocycles. The molecule has 2 saturated heterocycles. The lowest BCUT2D eigenvalue weighted by Gasteiger charge is -2.31. The number of amides is 3. The average Bonchev–Trinajstić information content (AvgIpc) is 3.35. The predicted octanol–water partition coefficient (Wildman–Crippen LogP) is 3.23. The maximum atomic E-state index is 14.0. The fourth-order valence-electron chi connectivity index (χ4n) is 5.95. The summed E-state index contributed by atoms with van der Waals surface area (Å²) in [6.45, 7) is 8.58. The summed E-state index contributed by atoms with van der Waals surface area (Å²) in [4.78, 5) is 44.6. The van der Waals surface area contributed by atoms with Crippen molar-refractivity contribution in [1.29, 1.82) is 0 Å². The fraction of sp³-hybridized carbons (Fsp3) is 0.370. The number of anilines is 1. The Balaban J connectivity index is 1.63. The van der Waals surface area contributed by atoms with Crippen LogP contribution in [0, 0.1) is 17.8 Å². The van der Waals surface area contributed by atoms with E-state index in [2.05, 4.69) is 25.7 Å². The van der Waals surface area contributed by atoms with Crippen molar-refractivity contribution in [3.8, 4) is 0 Å². The number of hydrogen-bond donors (Lipinski definition) is 1. The molecule has 170 valence electrons. The number of fused-ring (bicyclic) bond motifs is 4. The van der Waals surface area contributed by atoms with Gasteiger partial charge in [0.2, 0.25) is 11.8 Å². The van der Waals surface area contributed by atoms with Gasteiger partial charge in [0, 0.05) is 23.8 Å². The Morgan fingerprint density at radius 2 is 1.70 bits per heavy atom. The van der Waals surface area contributed by atoms with Crippen molar-refractivity contribution in [2.45, 2.75) is 38.4 Å². The number of imide groups is 1. The summed E-state index contributed by atoms with van der Waals surface area (Å²) in [5, 5.41) is 3.55. The highest BCUT2D eigenvalue weighted by molar-refractivity contribution is 6.16. The van der Waals surface area contributed by atoms with Crippen LogP contribution in [0.15, 0.2) is 67.3 Å². The largest absolute Gasteiger partial charge is 0.306 e. The van der Waals surface area contributed by atoms with Crippen molar-refractivity contribution in [3.05, 3.63) is 78.4 Å². The van der Waals surface area contributed by atoms with Gasteiger partial charge in [-0.2, -0.15) is 0 Å². The van der Waals surface area contributed by atoms with Crippen LogP contribution < -0.4 is 10.2 Å². The van der Waals surface area contributed by atoms with Crippen LogP contribution in [0.2, 0.25) is 0 Å². The van der Waals surface area contributed by atoms with E-state index >= 15 is 0 Å². The Hall–Kier alpha value is -3.25. The van der Waals surface area contributed by atoms with Gasteiger partial charge in [0.25, 0.3) is 5.91 Å². The minimum Gasteiger partial charge on any atom is -0.306 e. The molecule has 0 aromatic heterocycles. The second-order valence-electron chi connectivity index (χ2n) is 9.66. The quantitative estimate of drug-likeness (QED) is 0.550. The SMILES string of the molecule is C=CCN1C(=O)[C@]2(N[C@H](CC(C)C)[C@H]3C(=O)N(Cc4ccccc4)C(=O)[C@@H]32)c2ccccc21. The number of rotatable bonds is 6. The second-order valence-corrected chi connectivity index (χ2v) is 9.66. The molecule has 1 N–H and O–H groups in total. The minimum absolute atomic E-state index is 0.174. The molecule has 33 heavy (non-hydrogen) atoms. The van der Waals surface area contributed by atoms with Crippen LogP contribution in [0.4, 0.5) is 5.69 Å². The van der Waals surface area contributed by atoms with Gasteiger partial charge in [0.05, 0.1) is 18.4 Å². The van der Waals surface area contributed by atoms with Crippen molar-refractivity contribution in [3.63, 3.8) is 0 Å². The lowest BCUT2D eigenvalue weighted by Crippen LogP contribution is -2.55. The number of para-hydroxylation sites is 1. The Morgan fingerprint density at radius 1 is 1.00 bits per heavy atom. The smallest absolute Gasteiger partial charge is 0.253 e. The normalized spacial score (nSPS) is 28.2. The Morgan fingerprint density at radius 3 is 2.39 bits per heavy atom. The van der Waals surface area contributed by atoms with E-state index in [1.165, 1.54) is 4.90 Å². The Kier molecular flexibility index (Phi) is 5.20. The van der Waals surface area contributed by atoms with E-state index in [1.807, 2.05) is 54.6 Å². The second kappa shape index (κ2) is 7.96. The number of hydrogen-bond acceptors (Lipinski definition) is 4. The molecule has 3 aliphatic heterocycles. The standard InChI is InChI=1S/C27H29N3O3/c1-4-14-29-21-13-9-8-12-19(21)27(26(29)33)23-22(20(28-27)15-17(2)3)24(31)30(25(23)32)16-18-10-6-5-7-11-18/h4-13,17,20,22-23,28H,1,14-16H2,2-3H3/t20-,22-,23-,27+/m1/s1. The summed E-state index contributed by atoms with van der Waals surface area (Å²) in [5.41, 5.74) is 1.22. The third kappa shape index (κ3) is 3.08. The van der Waals surface area contributed by atoms with Crippen LogP contribution in [0.5, 0.6) is 0 Å². The Labute approximate surface area is 194 Å². The van der Waals surface area contributed by atoms with Crippen molar-refractivity contribution in [2.24, 2.45) is 17.8 Å². The number of benzene rings is 2. The van der Waals surface area contributed by atoms with Gasteiger partial charge < -0.3 is 4.90 Å². The first-order valence-corrected chi connectivity index (χ1v) is 11.6. The molecular weight excluding hydrogens is 414 g/mol. The van der Waals surface area contributed by atoms with E-state index < -0.39 is 17.4 Å². The molecule has 2 aromatic rings. The predicted molar refractivity (Wildman–Crippen MR) is 126 cm³/mol. The summed E-state index contributed by atoms with van der Waals surface area (Å²) in [6, 6.07) is 16.9. The van der Waals surface area contributed by atoms with E-state index in [9.17, 15) is 14.4 Å². The van der Waals surface area contributed by atoms with Crippen LogP contribution in [0.3, 0.4) is 0 Å². The number of nitrogens with one attached hydrogen (secondary N) is 1. The number of carbonyl (C=O) groups excluding carboxylic acids is 3. The maximum Gasteiger partial charge on any atom is 0.253 e. The lowest BCUT2D eigenvalue weighted by atomic mass is 9.76. The van der Waals surface area contributed by atoms with E-state index in [-0.39, 0.29) is 30.3 Å². The zero-order valence-electron chi connectivity index (χ0n) is 19.0. The van der Waals surface area contributed by atoms with Crippen LogP contribution in [-0.2, 0) is 26.5 Å². The van der Waals surface area contributed by atoms with E-state index in [1.54, 1.807) is 11.0 Å². The molecule has 0 unspecified atom stereocenters. The molecule has 2 fully saturated rings. The highest BCUT2D eigenvalue weighted by atomic mass is 16.2. The van der Waals surface area contributed by atoms with Crippen LogP contribution >= 0.6 is 0 Å². The molecule has 3 heterocycles. The molecule has 4 atom stereocenters. The third-order valence-electron chi connectivity index (χ3n) is 7.18. The molecule has 1 spiro atoms. The molecule has 6 heteroatoms. The van der Waals surface area contributed by atoms with Crippen molar-refractivity contribution in [1.82, 2.24) is 10.2 Å². The van der Waals surface area contributed by atoms with E-state index in [4.69, 9.17) is 0 Å². The minimum atomic E-state index is -1.23. The van der Waals surface area contributed by atoms with Crippen molar-refractivity contribution >= 4 is 23.4 Å². The summed E-state index contributed by atoms with van der Waals surface area (Å²) >= 11 is 0. The van der Waals surface area contributed by atoms with Gasteiger partial charge in [-0.1, -0.05) is 68.5 Å². The van der Waals surface area contributed by atoms with Gasteiger partial charge in [0.15, 0.2) is 0 Å². The molecule has 0 radical (unpaired) electrons. The summed E-state index contributed by atoms with van der Waals surface area (Å²) < 4.78 is 0. The van der Waals surface area contributed by atoms with Gasteiger partial charge in [-0.05, 0) is 24.0 Å². The zero-order valence-corrected chi connectivity index (χ0v) is 19.0. The molecule has 6 nitrogen and oxygen atoms in total. The molecule has 0 bridgehead atoms. The summed E-state index contributed by atoms with van der Waals surface area (Å²) in [6.07, 6.45) is 2.40. The molecule has 0 aliphatic carbocycles. The van der Waals surface area contributed by atoms with Crippen LogP contribution in [-0.4, -0.2) is 35.2 Å². The molecule has 3 amide bonds. The average molecular weight is 444 g/mol. The fourth-order valence-corrected chi connectivity index (χ4v) is 5.95. The molecule has 5 rings (SSSR count). The number of likely N-dealkylation sites (tertiary alicyclic amines) is 1. The lowest BCUT2D eigenvalue weighted by molar-refractivity contribution is -0.143. The number of carbonyl (C=O) groups is 3. The highest BCUT2D eigenvalue weighted by Crippen LogP contribution is 2.55. The van der Waals surface area contributed by atoms with Gasteiger partial charge in [-0.25, -0.2) is 0 Å². The third-order valence-corrected chi connectivity index (χ3v) is 7.18. The van der Waals surface area contributed by atoms with Crippen LogP contribution in [0.1, 0.15) is 31.4 Å². The highest BCUT2D eigenvalue weighted by Gasteiger charge is 2.71.